The number of esters is 1. The van der Waals surface area contributed by atoms with E-state index in [0.717, 1.165) is 50.7 Å². The fourth-order valence-corrected chi connectivity index (χ4v) is 5.75. The lowest BCUT2D eigenvalue weighted by atomic mass is 9.96. The van der Waals surface area contributed by atoms with E-state index in [1.807, 2.05) is 17.8 Å². The first kappa shape index (κ1) is 29.3. The normalized spacial score (nSPS) is 20.8. The maximum absolute atomic E-state index is 11.3. The Morgan fingerprint density at radius 1 is 1.16 bits per heavy atom. The number of hydrogen-bond donors (Lipinski definition) is 2. The van der Waals surface area contributed by atoms with E-state index in [1.54, 1.807) is 0 Å². The predicted molar refractivity (Wildman–Crippen MR) is 137 cm³/mol. The van der Waals surface area contributed by atoms with E-state index in [2.05, 4.69) is 26.8 Å². The summed E-state index contributed by atoms with van der Waals surface area (Å²) in [5.74, 6) is 1.39. The molecule has 0 saturated heterocycles. The zero-order valence-electron chi connectivity index (χ0n) is 21.0. The molecule has 0 spiro atoms. The third kappa shape index (κ3) is 11.9. The summed E-state index contributed by atoms with van der Waals surface area (Å²) in [4.78, 5) is 12.6. The zero-order chi connectivity index (χ0) is 23.8. The molecule has 186 valence electrons. The van der Waals surface area contributed by atoms with Crippen LogP contribution >= 0.6 is 11.8 Å². The molecule has 0 bridgehead atoms. The molecule has 4 atom stereocenters. The highest BCUT2D eigenvalue weighted by Crippen LogP contribution is 2.43. The largest absolute Gasteiger partial charge is 0.469 e. The van der Waals surface area contributed by atoms with Gasteiger partial charge in [-0.15, -0.1) is 11.8 Å². The van der Waals surface area contributed by atoms with Gasteiger partial charge in [-0.25, -0.2) is 0 Å². The number of carbonyl (C=O) groups is 1. The lowest BCUT2D eigenvalue weighted by molar-refractivity contribution is -0.140. The van der Waals surface area contributed by atoms with E-state index in [0.29, 0.717) is 12.3 Å². The van der Waals surface area contributed by atoms with Crippen LogP contribution in [0, 0.1) is 11.8 Å². The Morgan fingerprint density at radius 3 is 2.59 bits per heavy atom. The van der Waals surface area contributed by atoms with Crippen LogP contribution in [0.3, 0.4) is 0 Å². The highest BCUT2D eigenvalue weighted by molar-refractivity contribution is 8.03. The molecule has 2 N–H and O–H groups in total. The van der Waals surface area contributed by atoms with E-state index >= 15 is 0 Å². The monoisotopic (exact) mass is 468 g/mol. The summed E-state index contributed by atoms with van der Waals surface area (Å²) < 4.78 is 4.71. The number of aliphatic hydroxyl groups excluding tert-OH is 2. The van der Waals surface area contributed by atoms with E-state index in [4.69, 9.17) is 4.74 Å². The minimum atomic E-state index is -0.442. The number of rotatable bonds is 18. The molecule has 0 heterocycles. The van der Waals surface area contributed by atoms with Crippen LogP contribution in [0.15, 0.2) is 22.6 Å². The lowest BCUT2D eigenvalue weighted by Gasteiger charge is -2.17. The fourth-order valence-electron chi connectivity index (χ4n) is 4.36. The van der Waals surface area contributed by atoms with Crippen LogP contribution in [0.5, 0.6) is 0 Å². The standard InChI is InChI=1S/C27H48O4S/c1-5-7-10-14-22-20-25(29)24(17-16-23(28)19-21(3)13-8-6-2)27(22)32-18-12-9-11-15-26(30)31-4/h16-17,21,23-25,28-29H,5-15,18-20H2,1-4H3/b17-16+/t21-,23?,24+,25?/m1/s1. The van der Waals surface area contributed by atoms with Gasteiger partial charge in [0.1, 0.15) is 0 Å². The third-order valence-corrected chi connectivity index (χ3v) is 7.71. The van der Waals surface area contributed by atoms with Crippen molar-refractivity contribution in [2.45, 2.75) is 116 Å². The lowest BCUT2D eigenvalue weighted by Crippen LogP contribution is -2.15. The van der Waals surface area contributed by atoms with Gasteiger partial charge in [-0.05, 0) is 55.1 Å². The summed E-state index contributed by atoms with van der Waals surface area (Å²) in [7, 11) is 1.44. The maximum atomic E-state index is 11.3. The second-order valence-corrected chi connectivity index (χ2v) is 10.5. The van der Waals surface area contributed by atoms with Crippen LogP contribution in [0.25, 0.3) is 0 Å². The minimum Gasteiger partial charge on any atom is -0.469 e. The Hall–Kier alpha value is -0.780. The number of carbonyl (C=O) groups excluding carboxylic acids is 1. The second-order valence-electron chi connectivity index (χ2n) is 9.39. The van der Waals surface area contributed by atoms with Gasteiger partial charge in [0.05, 0.1) is 19.3 Å². The van der Waals surface area contributed by atoms with E-state index < -0.39 is 6.10 Å². The molecule has 0 fully saturated rings. The zero-order valence-corrected chi connectivity index (χ0v) is 21.8. The highest BCUT2D eigenvalue weighted by atomic mass is 32.2. The summed E-state index contributed by atoms with van der Waals surface area (Å²) >= 11 is 1.87. The SMILES string of the molecule is CCCCCC1=C(SCCCCCC(=O)OC)[C@@H](/C=C/C(O)C[C@H](C)CCCC)C(O)C1. The van der Waals surface area contributed by atoms with Crippen molar-refractivity contribution >= 4 is 17.7 Å². The van der Waals surface area contributed by atoms with Crippen molar-refractivity contribution in [3.8, 4) is 0 Å². The van der Waals surface area contributed by atoms with E-state index in [9.17, 15) is 15.0 Å². The van der Waals surface area contributed by atoms with Crippen molar-refractivity contribution < 1.29 is 19.7 Å². The molecular formula is C27H48O4S. The molecule has 4 nitrogen and oxygen atoms in total. The van der Waals surface area contributed by atoms with E-state index in [-0.39, 0.29) is 18.0 Å². The average molecular weight is 469 g/mol. The van der Waals surface area contributed by atoms with Gasteiger partial charge in [-0.2, -0.15) is 0 Å². The van der Waals surface area contributed by atoms with Crippen molar-refractivity contribution in [3.63, 3.8) is 0 Å². The van der Waals surface area contributed by atoms with Gasteiger partial charge in [0, 0.05) is 12.3 Å². The molecule has 0 aromatic heterocycles. The van der Waals surface area contributed by atoms with Crippen molar-refractivity contribution in [1.82, 2.24) is 0 Å². The van der Waals surface area contributed by atoms with Gasteiger partial charge in [0.15, 0.2) is 0 Å². The van der Waals surface area contributed by atoms with Crippen LogP contribution < -0.4 is 0 Å². The van der Waals surface area contributed by atoms with Crippen molar-refractivity contribution in [2.24, 2.45) is 11.8 Å². The molecule has 0 aliphatic heterocycles. The number of unbranched alkanes of at least 4 members (excludes halogenated alkanes) is 5. The molecular weight excluding hydrogens is 420 g/mol. The average Bonchev–Trinajstić information content (AvgIpc) is 3.07. The quantitative estimate of drug-likeness (QED) is 0.131. The molecule has 0 radical (unpaired) electrons. The molecule has 32 heavy (non-hydrogen) atoms. The maximum Gasteiger partial charge on any atom is 0.305 e. The topological polar surface area (TPSA) is 66.8 Å². The molecule has 1 rings (SSSR count). The van der Waals surface area contributed by atoms with E-state index in [1.165, 1.54) is 49.7 Å². The molecule has 0 aromatic rings. The van der Waals surface area contributed by atoms with Crippen LogP contribution in [0.2, 0.25) is 0 Å². The summed E-state index contributed by atoms with van der Waals surface area (Å²) in [5.41, 5.74) is 1.41. The van der Waals surface area contributed by atoms with Gasteiger partial charge in [-0.1, -0.05) is 77.0 Å². The fraction of sp³-hybridized carbons (Fsp3) is 0.815. The van der Waals surface area contributed by atoms with Gasteiger partial charge in [0.2, 0.25) is 0 Å². The van der Waals surface area contributed by atoms with Crippen molar-refractivity contribution in [2.75, 3.05) is 12.9 Å². The first-order valence-electron chi connectivity index (χ1n) is 12.9. The molecule has 2 unspecified atom stereocenters. The number of hydrogen-bond acceptors (Lipinski definition) is 5. The smallest absolute Gasteiger partial charge is 0.305 e. The number of ether oxygens (including phenoxy) is 1. The first-order chi connectivity index (χ1) is 15.4. The Bertz CT molecular complexity index is 572. The minimum absolute atomic E-state index is 0.00675. The summed E-state index contributed by atoms with van der Waals surface area (Å²) in [6.45, 7) is 6.63. The van der Waals surface area contributed by atoms with Crippen molar-refractivity contribution in [3.05, 3.63) is 22.6 Å². The molecule has 0 saturated carbocycles. The van der Waals surface area contributed by atoms with Crippen LogP contribution in [-0.2, 0) is 9.53 Å². The number of aliphatic hydroxyl groups is 2. The Labute approximate surface area is 201 Å². The third-order valence-electron chi connectivity index (χ3n) is 6.35. The number of thioether (sulfide) groups is 1. The van der Waals surface area contributed by atoms with Crippen LogP contribution in [-0.4, -0.2) is 41.3 Å². The molecule has 5 heteroatoms. The van der Waals surface area contributed by atoms with Crippen molar-refractivity contribution in [1.29, 1.82) is 0 Å². The Morgan fingerprint density at radius 2 is 1.91 bits per heavy atom. The summed E-state index contributed by atoms with van der Waals surface area (Å²) in [6.07, 6.45) is 16.4. The first-order valence-corrected chi connectivity index (χ1v) is 13.9. The van der Waals surface area contributed by atoms with Gasteiger partial charge >= 0.3 is 5.97 Å². The number of methoxy groups -OCH3 is 1. The summed E-state index contributed by atoms with van der Waals surface area (Å²) in [6, 6.07) is 0. The van der Waals surface area contributed by atoms with Crippen LogP contribution in [0.1, 0.15) is 104 Å². The Kier molecular flexibility index (Phi) is 16.1. The summed E-state index contributed by atoms with van der Waals surface area (Å²) in [5, 5.41) is 21.3. The van der Waals surface area contributed by atoms with Crippen LogP contribution in [0.4, 0.5) is 0 Å². The predicted octanol–water partition coefficient (Wildman–Crippen LogP) is 6.80. The van der Waals surface area contributed by atoms with Gasteiger partial charge in [0.25, 0.3) is 0 Å². The molecule has 1 aliphatic carbocycles. The molecule has 1 aliphatic rings. The highest BCUT2D eigenvalue weighted by Gasteiger charge is 2.31. The Balaban J connectivity index is 2.66. The second kappa shape index (κ2) is 17.7. The molecule has 0 aromatic carbocycles. The van der Waals surface area contributed by atoms with Gasteiger partial charge < -0.3 is 14.9 Å². The van der Waals surface area contributed by atoms with Gasteiger partial charge in [-0.3, -0.25) is 4.79 Å². The molecule has 0 amide bonds.